The Morgan fingerprint density at radius 2 is 2.22 bits per heavy atom. The first-order valence-corrected chi connectivity index (χ1v) is 5.86. The van der Waals surface area contributed by atoms with Crippen molar-refractivity contribution in [3.05, 3.63) is 41.5 Å². The van der Waals surface area contributed by atoms with Crippen LogP contribution in [0.2, 0.25) is 0 Å². The van der Waals surface area contributed by atoms with E-state index in [1.165, 1.54) is 0 Å². The van der Waals surface area contributed by atoms with Crippen molar-refractivity contribution >= 4 is 11.9 Å². The normalized spacial score (nSPS) is 11.3. The lowest BCUT2D eigenvalue weighted by atomic mass is 10.1. The van der Waals surface area contributed by atoms with E-state index in [1.807, 2.05) is 31.6 Å². The number of carbonyl (C=O) groups excluding carboxylic acids is 1. The number of hydrogen-bond acceptors (Lipinski definition) is 3. The molecule has 0 spiro atoms. The zero-order valence-corrected chi connectivity index (χ0v) is 10.8. The van der Waals surface area contributed by atoms with Crippen molar-refractivity contribution in [2.24, 2.45) is 7.05 Å². The van der Waals surface area contributed by atoms with Crippen molar-refractivity contribution in [1.29, 1.82) is 0 Å². The third-order valence-corrected chi connectivity index (χ3v) is 2.96. The molecule has 0 unspecified atom stereocenters. The first-order chi connectivity index (χ1) is 8.63. The van der Waals surface area contributed by atoms with E-state index >= 15 is 0 Å². The average molecular weight is 244 g/mol. The second-order valence-electron chi connectivity index (χ2n) is 4.04. The molecule has 94 valence electrons. The number of nitrogens with zero attached hydrogens (tertiary/aromatic N) is 4. The van der Waals surface area contributed by atoms with Crippen molar-refractivity contribution in [2.75, 3.05) is 0 Å². The molecule has 0 aromatic carbocycles. The van der Waals surface area contributed by atoms with Gasteiger partial charge in [0.15, 0.2) is 5.78 Å². The zero-order valence-electron chi connectivity index (χ0n) is 10.8. The van der Waals surface area contributed by atoms with Crippen LogP contribution in [0.25, 0.3) is 6.08 Å². The van der Waals surface area contributed by atoms with E-state index in [9.17, 15) is 4.79 Å². The summed E-state index contributed by atoms with van der Waals surface area (Å²) in [5.41, 5.74) is 2.43. The molecule has 0 saturated carbocycles. The van der Waals surface area contributed by atoms with E-state index in [0.717, 1.165) is 17.9 Å². The summed E-state index contributed by atoms with van der Waals surface area (Å²) in [4.78, 5) is 12.0. The summed E-state index contributed by atoms with van der Waals surface area (Å²) in [5.74, 6) is -0.0375. The lowest BCUT2D eigenvalue weighted by Gasteiger charge is -1.98. The number of rotatable bonds is 4. The van der Waals surface area contributed by atoms with Crippen molar-refractivity contribution < 1.29 is 4.79 Å². The van der Waals surface area contributed by atoms with Crippen LogP contribution in [0.1, 0.15) is 28.7 Å². The van der Waals surface area contributed by atoms with Gasteiger partial charge in [0.05, 0.1) is 17.5 Å². The maximum absolute atomic E-state index is 12.0. The van der Waals surface area contributed by atoms with Crippen LogP contribution < -0.4 is 0 Å². The fraction of sp³-hybridized carbons (Fsp3) is 0.308. The van der Waals surface area contributed by atoms with Crippen molar-refractivity contribution in [1.82, 2.24) is 19.6 Å². The monoisotopic (exact) mass is 244 g/mol. The molecule has 2 aromatic heterocycles. The Bertz CT molecular complexity index is 592. The molecule has 0 bridgehead atoms. The Labute approximate surface area is 106 Å². The largest absolute Gasteiger partial charge is 0.289 e. The molecular formula is C13H16N4O. The summed E-state index contributed by atoms with van der Waals surface area (Å²) in [6.07, 6.45) is 6.67. The summed E-state index contributed by atoms with van der Waals surface area (Å²) < 4.78 is 3.53. The van der Waals surface area contributed by atoms with E-state index < -0.39 is 0 Å². The van der Waals surface area contributed by atoms with Crippen LogP contribution in [0.15, 0.2) is 24.5 Å². The van der Waals surface area contributed by atoms with E-state index in [0.29, 0.717) is 5.56 Å². The van der Waals surface area contributed by atoms with Crippen LogP contribution in [-0.2, 0) is 13.6 Å². The van der Waals surface area contributed by atoms with Gasteiger partial charge in [-0.2, -0.15) is 10.2 Å². The highest BCUT2D eigenvalue weighted by Crippen LogP contribution is 2.09. The summed E-state index contributed by atoms with van der Waals surface area (Å²) in [6.45, 7) is 4.68. The fourth-order valence-electron chi connectivity index (χ4n) is 1.74. The highest BCUT2D eigenvalue weighted by molar-refractivity contribution is 6.07. The van der Waals surface area contributed by atoms with Crippen LogP contribution in [0, 0.1) is 6.92 Å². The molecule has 0 fully saturated rings. The highest BCUT2D eigenvalue weighted by atomic mass is 16.1. The van der Waals surface area contributed by atoms with Gasteiger partial charge < -0.3 is 0 Å². The number of aryl methyl sites for hydroxylation is 2. The van der Waals surface area contributed by atoms with Crippen molar-refractivity contribution in [3.8, 4) is 0 Å². The summed E-state index contributed by atoms with van der Waals surface area (Å²) in [5, 5.41) is 8.21. The first-order valence-electron chi connectivity index (χ1n) is 5.86. The SMILES string of the molecule is CCn1nccc1/C=C/C(=O)c1cnn(C)c1C. The van der Waals surface area contributed by atoms with Gasteiger partial charge in [0.25, 0.3) is 0 Å². The molecule has 18 heavy (non-hydrogen) atoms. The summed E-state index contributed by atoms with van der Waals surface area (Å²) in [7, 11) is 1.82. The third kappa shape index (κ3) is 2.25. The van der Waals surface area contributed by atoms with Crippen LogP contribution in [-0.4, -0.2) is 25.3 Å². The summed E-state index contributed by atoms with van der Waals surface area (Å²) in [6, 6.07) is 1.88. The van der Waals surface area contributed by atoms with Gasteiger partial charge in [-0.3, -0.25) is 14.2 Å². The minimum atomic E-state index is -0.0375. The minimum absolute atomic E-state index is 0.0375. The predicted octanol–water partition coefficient (Wildman–Crippen LogP) is 1.84. The molecular weight excluding hydrogens is 228 g/mol. The van der Waals surface area contributed by atoms with Crippen LogP contribution in [0.3, 0.4) is 0 Å². The molecule has 5 nitrogen and oxygen atoms in total. The molecule has 0 atom stereocenters. The molecule has 0 aliphatic rings. The Hall–Kier alpha value is -2.17. The Morgan fingerprint density at radius 1 is 1.44 bits per heavy atom. The number of allylic oxidation sites excluding steroid dienone is 1. The number of aromatic nitrogens is 4. The third-order valence-electron chi connectivity index (χ3n) is 2.96. The maximum Gasteiger partial charge on any atom is 0.189 e. The molecule has 0 radical (unpaired) electrons. The molecule has 0 aliphatic carbocycles. The molecule has 2 aromatic rings. The van der Waals surface area contributed by atoms with Crippen LogP contribution in [0.5, 0.6) is 0 Å². The Morgan fingerprint density at radius 3 is 2.83 bits per heavy atom. The molecule has 0 amide bonds. The topological polar surface area (TPSA) is 52.7 Å². The summed E-state index contributed by atoms with van der Waals surface area (Å²) >= 11 is 0. The van der Waals surface area contributed by atoms with Gasteiger partial charge >= 0.3 is 0 Å². The molecule has 0 aliphatic heterocycles. The standard InChI is InChI=1S/C13H16N4O/c1-4-17-11(7-8-14-17)5-6-13(18)12-9-15-16(3)10(12)2/h5-9H,4H2,1-3H3/b6-5+. The van der Waals surface area contributed by atoms with E-state index in [-0.39, 0.29) is 5.78 Å². The minimum Gasteiger partial charge on any atom is -0.289 e. The molecule has 5 heteroatoms. The highest BCUT2D eigenvalue weighted by Gasteiger charge is 2.09. The van der Waals surface area contributed by atoms with Crippen LogP contribution in [0.4, 0.5) is 0 Å². The Balaban J connectivity index is 2.19. The molecule has 0 N–H and O–H groups in total. The van der Waals surface area contributed by atoms with Gasteiger partial charge in [0.2, 0.25) is 0 Å². The average Bonchev–Trinajstić information content (AvgIpc) is 2.94. The maximum atomic E-state index is 12.0. The van der Waals surface area contributed by atoms with Crippen molar-refractivity contribution in [3.63, 3.8) is 0 Å². The number of carbonyl (C=O) groups is 1. The Kier molecular flexibility index (Phi) is 3.41. The van der Waals surface area contributed by atoms with Gasteiger partial charge in [0, 0.05) is 25.5 Å². The lowest BCUT2D eigenvalue weighted by molar-refractivity contribution is 0.104. The van der Waals surface area contributed by atoms with E-state index in [4.69, 9.17) is 0 Å². The second kappa shape index (κ2) is 5.00. The number of hydrogen-bond donors (Lipinski definition) is 0. The lowest BCUT2D eigenvalue weighted by Crippen LogP contribution is -2.00. The fourth-order valence-corrected chi connectivity index (χ4v) is 1.74. The quantitative estimate of drug-likeness (QED) is 0.609. The second-order valence-corrected chi connectivity index (χ2v) is 4.04. The van der Waals surface area contributed by atoms with Gasteiger partial charge in [0.1, 0.15) is 0 Å². The van der Waals surface area contributed by atoms with Gasteiger partial charge in [-0.05, 0) is 32.1 Å². The molecule has 0 saturated heterocycles. The predicted molar refractivity (Wildman–Crippen MR) is 69.2 cm³/mol. The zero-order chi connectivity index (χ0) is 13.1. The van der Waals surface area contributed by atoms with Crippen LogP contribution >= 0.6 is 0 Å². The molecule has 2 heterocycles. The number of ketones is 1. The van der Waals surface area contributed by atoms with Gasteiger partial charge in [-0.1, -0.05) is 0 Å². The van der Waals surface area contributed by atoms with Gasteiger partial charge in [-0.25, -0.2) is 0 Å². The van der Waals surface area contributed by atoms with E-state index in [1.54, 1.807) is 29.2 Å². The first kappa shape index (κ1) is 12.3. The molecule has 2 rings (SSSR count). The van der Waals surface area contributed by atoms with Gasteiger partial charge in [-0.15, -0.1) is 0 Å². The van der Waals surface area contributed by atoms with Crippen molar-refractivity contribution in [2.45, 2.75) is 20.4 Å². The van der Waals surface area contributed by atoms with E-state index in [2.05, 4.69) is 10.2 Å². The smallest absolute Gasteiger partial charge is 0.189 e.